The Morgan fingerprint density at radius 3 is 2.15 bits per heavy atom. The van der Waals surface area contributed by atoms with Crippen LogP contribution in [0.1, 0.15) is 24.2 Å². The highest BCUT2D eigenvalue weighted by Gasteiger charge is 2.22. The molecule has 3 N–H and O–H groups in total. The van der Waals surface area contributed by atoms with Crippen molar-refractivity contribution < 1.29 is 4.74 Å². The van der Waals surface area contributed by atoms with Gasteiger partial charge in [0.15, 0.2) is 0 Å². The lowest BCUT2D eigenvalue weighted by molar-refractivity contribution is 0.0332. The van der Waals surface area contributed by atoms with E-state index in [2.05, 4.69) is 29.7 Å². The summed E-state index contributed by atoms with van der Waals surface area (Å²) in [5, 5.41) is 0. The maximum atomic E-state index is 5.91. The summed E-state index contributed by atoms with van der Waals surface area (Å²) in [6.07, 6.45) is 0.781. The Morgan fingerprint density at radius 2 is 1.60 bits per heavy atom. The minimum atomic E-state index is -0.0496. The lowest BCUT2D eigenvalue weighted by Gasteiger charge is -2.27. The molecule has 2 aromatic carbocycles. The van der Waals surface area contributed by atoms with Gasteiger partial charge < -0.3 is 4.74 Å². The zero-order chi connectivity index (χ0) is 14.2. The summed E-state index contributed by atoms with van der Waals surface area (Å²) in [4.78, 5) is 0. The zero-order valence-corrected chi connectivity index (χ0v) is 11.8. The number of benzene rings is 2. The number of rotatable bonds is 7. The Bertz CT molecular complexity index is 487. The summed E-state index contributed by atoms with van der Waals surface area (Å²) >= 11 is 0. The molecule has 2 rings (SSSR count). The Kier molecular flexibility index (Phi) is 5.74. The summed E-state index contributed by atoms with van der Waals surface area (Å²) in [6, 6.07) is 20.6. The molecule has 0 fully saturated rings. The Labute approximate surface area is 120 Å². The van der Waals surface area contributed by atoms with E-state index in [-0.39, 0.29) is 12.1 Å². The largest absolute Gasteiger partial charge is 0.372 e. The summed E-state index contributed by atoms with van der Waals surface area (Å²) in [5.41, 5.74) is 5.30. The van der Waals surface area contributed by atoms with Crippen LogP contribution in [0.5, 0.6) is 0 Å². The highest BCUT2D eigenvalue weighted by Crippen LogP contribution is 2.23. The van der Waals surface area contributed by atoms with Crippen LogP contribution in [0.2, 0.25) is 0 Å². The summed E-state index contributed by atoms with van der Waals surface area (Å²) in [6.45, 7) is 2.67. The molecule has 0 aliphatic carbocycles. The fourth-order valence-electron chi connectivity index (χ4n) is 2.39. The molecule has 3 heteroatoms. The summed E-state index contributed by atoms with van der Waals surface area (Å²) in [5.74, 6) is 5.76. The minimum absolute atomic E-state index is 0.0414. The lowest BCUT2D eigenvalue weighted by Crippen LogP contribution is -2.42. The number of ether oxygens (including phenoxy) is 1. The summed E-state index contributed by atoms with van der Waals surface area (Å²) in [7, 11) is 0. The lowest BCUT2D eigenvalue weighted by atomic mass is 9.96. The molecule has 0 aliphatic heterocycles. The van der Waals surface area contributed by atoms with E-state index >= 15 is 0 Å². The fourth-order valence-corrected chi connectivity index (χ4v) is 2.39. The normalized spacial score (nSPS) is 13.9. The van der Waals surface area contributed by atoms with Gasteiger partial charge in [0.25, 0.3) is 0 Å². The van der Waals surface area contributed by atoms with Gasteiger partial charge in [0.05, 0.1) is 12.1 Å². The van der Waals surface area contributed by atoms with Crippen LogP contribution in [-0.2, 0) is 11.2 Å². The van der Waals surface area contributed by atoms with Crippen LogP contribution >= 0.6 is 0 Å². The molecule has 0 aliphatic rings. The van der Waals surface area contributed by atoms with E-state index in [1.54, 1.807) is 0 Å². The number of hydrazine groups is 1. The molecule has 0 aromatic heterocycles. The maximum Gasteiger partial charge on any atom is 0.0994 e. The van der Waals surface area contributed by atoms with Crippen LogP contribution in [0.25, 0.3) is 0 Å². The average molecular weight is 270 g/mol. The molecule has 2 unspecified atom stereocenters. The molecule has 20 heavy (non-hydrogen) atoms. The van der Waals surface area contributed by atoms with Crippen LogP contribution in [0.15, 0.2) is 60.7 Å². The smallest absolute Gasteiger partial charge is 0.0994 e. The van der Waals surface area contributed by atoms with Crippen LogP contribution in [0.4, 0.5) is 0 Å². The Hall–Kier alpha value is -1.68. The SMILES string of the molecule is CCOC(c1ccccc1)C(Cc1ccccc1)NN. The molecule has 0 spiro atoms. The van der Waals surface area contributed by atoms with E-state index in [4.69, 9.17) is 10.6 Å². The van der Waals surface area contributed by atoms with Gasteiger partial charge in [-0.15, -0.1) is 0 Å². The zero-order valence-electron chi connectivity index (χ0n) is 11.8. The van der Waals surface area contributed by atoms with Crippen molar-refractivity contribution in [1.82, 2.24) is 5.43 Å². The molecular formula is C17H22N2O. The molecule has 0 amide bonds. The van der Waals surface area contributed by atoms with Crippen molar-refractivity contribution in [3.8, 4) is 0 Å². The second-order valence-electron chi connectivity index (χ2n) is 4.75. The number of hydrogen-bond acceptors (Lipinski definition) is 3. The van der Waals surface area contributed by atoms with Crippen molar-refractivity contribution >= 4 is 0 Å². The van der Waals surface area contributed by atoms with Gasteiger partial charge in [-0.2, -0.15) is 0 Å². The van der Waals surface area contributed by atoms with E-state index in [9.17, 15) is 0 Å². The molecule has 0 saturated heterocycles. The van der Waals surface area contributed by atoms with Gasteiger partial charge in [-0.25, -0.2) is 0 Å². The predicted octanol–water partition coefficient (Wildman–Crippen LogP) is 2.84. The molecule has 0 bridgehead atoms. The van der Waals surface area contributed by atoms with Gasteiger partial charge in [0.1, 0.15) is 0 Å². The number of nitrogens with one attached hydrogen (secondary N) is 1. The first kappa shape index (κ1) is 14.7. The maximum absolute atomic E-state index is 5.91. The number of hydrogen-bond donors (Lipinski definition) is 2. The van der Waals surface area contributed by atoms with Crippen LogP contribution < -0.4 is 11.3 Å². The fraction of sp³-hybridized carbons (Fsp3) is 0.294. The molecule has 0 radical (unpaired) electrons. The van der Waals surface area contributed by atoms with E-state index in [0.29, 0.717) is 6.61 Å². The third-order valence-corrected chi connectivity index (χ3v) is 3.35. The minimum Gasteiger partial charge on any atom is -0.372 e. The monoisotopic (exact) mass is 270 g/mol. The summed E-state index contributed by atoms with van der Waals surface area (Å²) < 4.78 is 5.91. The second-order valence-corrected chi connectivity index (χ2v) is 4.75. The average Bonchev–Trinajstić information content (AvgIpc) is 2.52. The second kappa shape index (κ2) is 7.80. The molecule has 0 saturated carbocycles. The molecule has 2 atom stereocenters. The van der Waals surface area contributed by atoms with Crippen LogP contribution in [-0.4, -0.2) is 12.6 Å². The van der Waals surface area contributed by atoms with E-state index < -0.39 is 0 Å². The van der Waals surface area contributed by atoms with Crippen molar-refractivity contribution in [2.75, 3.05) is 6.61 Å². The van der Waals surface area contributed by atoms with Crippen molar-refractivity contribution in [2.24, 2.45) is 5.84 Å². The van der Waals surface area contributed by atoms with Crippen LogP contribution in [0, 0.1) is 0 Å². The van der Waals surface area contributed by atoms with E-state index in [1.165, 1.54) is 5.56 Å². The first-order valence-electron chi connectivity index (χ1n) is 7.01. The molecule has 3 nitrogen and oxygen atoms in total. The number of nitrogens with two attached hydrogens (primary N) is 1. The van der Waals surface area contributed by atoms with Gasteiger partial charge in [-0.3, -0.25) is 11.3 Å². The molecule has 2 aromatic rings. The van der Waals surface area contributed by atoms with Crippen molar-refractivity contribution in [3.63, 3.8) is 0 Å². The van der Waals surface area contributed by atoms with Gasteiger partial charge in [-0.1, -0.05) is 60.7 Å². The third-order valence-electron chi connectivity index (χ3n) is 3.35. The first-order chi connectivity index (χ1) is 9.85. The van der Waals surface area contributed by atoms with Crippen molar-refractivity contribution in [3.05, 3.63) is 71.8 Å². The molecular weight excluding hydrogens is 248 g/mol. The molecule has 0 heterocycles. The topological polar surface area (TPSA) is 47.3 Å². The Morgan fingerprint density at radius 1 is 1.00 bits per heavy atom. The quantitative estimate of drug-likeness (QED) is 0.601. The van der Waals surface area contributed by atoms with Gasteiger partial charge in [-0.05, 0) is 24.5 Å². The highest BCUT2D eigenvalue weighted by molar-refractivity contribution is 5.22. The van der Waals surface area contributed by atoms with Gasteiger partial charge in [0, 0.05) is 6.61 Å². The van der Waals surface area contributed by atoms with Crippen molar-refractivity contribution in [1.29, 1.82) is 0 Å². The highest BCUT2D eigenvalue weighted by atomic mass is 16.5. The van der Waals surface area contributed by atoms with E-state index in [0.717, 1.165) is 12.0 Å². The predicted molar refractivity (Wildman–Crippen MR) is 82.1 cm³/mol. The standard InChI is InChI=1S/C17H22N2O/c1-2-20-17(15-11-7-4-8-12-15)16(19-18)13-14-9-5-3-6-10-14/h3-12,16-17,19H,2,13,18H2,1H3. The Balaban J connectivity index is 2.17. The van der Waals surface area contributed by atoms with Crippen LogP contribution in [0.3, 0.4) is 0 Å². The third kappa shape index (κ3) is 3.90. The molecule has 106 valence electrons. The first-order valence-corrected chi connectivity index (χ1v) is 7.01. The van der Waals surface area contributed by atoms with Gasteiger partial charge >= 0.3 is 0 Å². The van der Waals surface area contributed by atoms with Gasteiger partial charge in [0.2, 0.25) is 0 Å². The van der Waals surface area contributed by atoms with Crippen molar-refractivity contribution in [2.45, 2.75) is 25.5 Å². The van der Waals surface area contributed by atoms with E-state index in [1.807, 2.05) is 43.3 Å².